The summed E-state index contributed by atoms with van der Waals surface area (Å²) in [5.74, 6) is 0.656. The first-order chi connectivity index (χ1) is 12.0. The van der Waals surface area contributed by atoms with Crippen molar-refractivity contribution in [3.63, 3.8) is 0 Å². The Morgan fingerprint density at radius 1 is 1.40 bits per heavy atom. The largest absolute Gasteiger partial charge is 0.497 e. The van der Waals surface area contributed by atoms with Crippen LogP contribution in [0.4, 0.5) is 0 Å². The summed E-state index contributed by atoms with van der Waals surface area (Å²) >= 11 is 0. The number of methoxy groups -OCH3 is 1. The average Bonchev–Trinajstić information content (AvgIpc) is 2.62. The maximum absolute atomic E-state index is 12.7. The van der Waals surface area contributed by atoms with Crippen molar-refractivity contribution in [3.05, 3.63) is 57.5 Å². The minimum absolute atomic E-state index is 0.0154. The number of nitrogens with zero attached hydrogens (tertiary/aromatic N) is 2. The third-order valence-electron chi connectivity index (χ3n) is 4.78. The second-order valence-electron chi connectivity index (χ2n) is 6.52. The number of carbonyl (C=O) groups is 1. The fourth-order valence-corrected chi connectivity index (χ4v) is 3.24. The summed E-state index contributed by atoms with van der Waals surface area (Å²) in [7, 11) is 3.28. The lowest BCUT2D eigenvalue weighted by molar-refractivity contribution is -0.126. The van der Waals surface area contributed by atoms with Crippen LogP contribution in [-0.4, -0.2) is 22.8 Å². The molecule has 1 aliphatic rings. The molecule has 3 rings (SSSR count). The fourth-order valence-electron chi connectivity index (χ4n) is 3.24. The maximum atomic E-state index is 12.7. The van der Waals surface area contributed by atoms with Gasteiger partial charge in [0.15, 0.2) is 0 Å². The van der Waals surface area contributed by atoms with E-state index >= 15 is 0 Å². The summed E-state index contributed by atoms with van der Waals surface area (Å²) < 4.78 is 6.59. The Morgan fingerprint density at radius 2 is 2.20 bits per heavy atom. The molecule has 0 saturated heterocycles. The molecule has 6 nitrogen and oxygen atoms in total. The van der Waals surface area contributed by atoms with Crippen molar-refractivity contribution in [2.45, 2.75) is 32.2 Å². The van der Waals surface area contributed by atoms with Gasteiger partial charge in [0, 0.05) is 19.0 Å². The molecule has 1 amide bonds. The van der Waals surface area contributed by atoms with Crippen molar-refractivity contribution < 1.29 is 9.53 Å². The van der Waals surface area contributed by atoms with Gasteiger partial charge < -0.3 is 10.1 Å². The number of aromatic nitrogens is 2. The molecule has 2 aromatic rings. The summed E-state index contributed by atoms with van der Waals surface area (Å²) in [6, 6.07) is 9.18. The zero-order chi connectivity index (χ0) is 18.0. The van der Waals surface area contributed by atoms with Crippen molar-refractivity contribution in [1.82, 2.24) is 15.1 Å². The van der Waals surface area contributed by atoms with Crippen molar-refractivity contribution in [1.29, 1.82) is 0 Å². The molecule has 0 spiro atoms. The highest BCUT2D eigenvalue weighted by molar-refractivity contribution is 5.79. The Balaban J connectivity index is 1.69. The van der Waals surface area contributed by atoms with E-state index in [0.29, 0.717) is 6.42 Å². The molecule has 25 heavy (non-hydrogen) atoms. The molecule has 0 bridgehead atoms. The maximum Gasteiger partial charge on any atom is 0.266 e. The molecule has 2 unspecified atom stereocenters. The lowest BCUT2D eigenvalue weighted by Crippen LogP contribution is -2.36. The summed E-state index contributed by atoms with van der Waals surface area (Å²) in [6.07, 6.45) is 2.03. The van der Waals surface area contributed by atoms with Gasteiger partial charge in [0.2, 0.25) is 5.91 Å². The number of nitrogens with one attached hydrogen (secondary N) is 1. The zero-order valence-electron chi connectivity index (χ0n) is 14.8. The summed E-state index contributed by atoms with van der Waals surface area (Å²) in [4.78, 5) is 24.4. The summed E-state index contributed by atoms with van der Waals surface area (Å²) in [6.45, 7) is 1.96. The minimum Gasteiger partial charge on any atom is -0.497 e. The predicted octanol–water partition coefficient (Wildman–Crippen LogP) is 1.77. The minimum atomic E-state index is -0.135. The second kappa shape index (κ2) is 7.09. The number of hydrogen-bond donors (Lipinski definition) is 1. The number of benzene rings is 1. The Kier molecular flexibility index (Phi) is 4.88. The zero-order valence-corrected chi connectivity index (χ0v) is 14.8. The number of hydrogen-bond acceptors (Lipinski definition) is 4. The van der Waals surface area contributed by atoms with Crippen LogP contribution in [0, 0.1) is 5.92 Å². The van der Waals surface area contributed by atoms with Crippen LogP contribution in [0.15, 0.2) is 35.1 Å². The smallest absolute Gasteiger partial charge is 0.266 e. The first kappa shape index (κ1) is 17.2. The van der Waals surface area contributed by atoms with Gasteiger partial charge in [-0.25, -0.2) is 4.68 Å². The molecule has 0 radical (unpaired) electrons. The van der Waals surface area contributed by atoms with Gasteiger partial charge in [-0.1, -0.05) is 12.1 Å². The van der Waals surface area contributed by atoms with Crippen molar-refractivity contribution >= 4 is 5.91 Å². The highest BCUT2D eigenvalue weighted by atomic mass is 16.5. The Morgan fingerprint density at radius 3 is 2.96 bits per heavy atom. The third kappa shape index (κ3) is 3.73. The summed E-state index contributed by atoms with van der Waals surface area (Å²) in [5, 5.41) is 7.37. The van der Waals surface area contributed by atoms with Crippen LogP contribution >= 0.6 is 0 Å². The Hall–Kier alpha value is -2.63. The van der Waals surface area contributed by atoms with E-state index in [9.17, 15) is 9.59 Å². The topological polar surface area (TPSA) is 73.2 Å². The van der Waals surface area contributed by atoms with Gasteiger partial charge in [-0.2, -0.15) is 5.10 Å². The van der Waals surface area contributed by atoms with Crippen molar-refractivity contribution in [2.24, 2.45) is 13.0 Å². The van der Waals surface area contributed by atoms with E-state index in [-0.39, 0.29) is 23.4 Å². The number of aryl methyl sites for hydroxylation is 2. The quantitative estimate of drug-likeness (QED) is 0.920. The number of carbonyl (C=O) groups excluding carboxylic acids is 1. The Labute approximate surface area is 146 Å². The molecular formula is C19H23N3O3. The fraction of sp³-hybridized carbons (Fsp3) is 0.421. The molecule has 2 atom stereocenters. The van der Waals surface area contributed by atoms with Gasteiger partial charge in [-0.15, -0.1) is 0 Å². The molecule has 132 valence electrons. The molecule has 1 aromatic heterocycles. The van der Waals surface area contributed by atoms with Crippen LogP contribution in [0.2, 0.25) is 0 Å². The molecule has 1 aliphatic carbocycles. The van der Waals surface area contributed by atoms with E-state index in [4.69, 9.17) is 4.74 Å². The van der Waals surface area contributed by atoms with Crippen LogP contribution in [0.5, 0.6) is 5.75 Å². The SMILES string of the molecule is COc1cccc(C(C)NC(=O)C2CCc3nn(C)c(=O)cc3C2)c1. The van der Waals surface area contributed by atoms with E-state index in [1.54, 1.807) is 20.2 Å². The molecule has 6 heteroatoms. The van der Waals surface area contributed by atoms with Crippen molar-refractivity contribution in [2.75, 3.05) is 7.11 Å². The van der Waals surface area contributed by atoms with Crippen LogP contribution in [0.1, 0.15) is 36.2 Å². The third-order valence-corrected chi connectivity index (χ3v) is 4.78. The monoisotopic (exact) mass is 341 g/mol. The predicted molar refractivity (Wildman–Crippen MR) is 94.5 cm³/mol. The van der Waals surface area contributed by atoms with Crippen LogP contribution in [0.25, 0.3) is 0 Å². The van der Waals surface area contributed by atoms with Gasteiger partial charge in [0.25, 0.3) is 5.56 Å². The first-order valence-corrected chi connectivity index (χ1v) is 8.48. The van der Waals surface area contributed by atoms with E-state index in [1.165, 1.54) is 4.68 Å². The molecule has 1 aromatic carbocycles. The Bertz CT molecular complexity index is 844. The highest BCUT2D eigenvalue weighted by Gasteiger charge is 2.27. The number of ether oxygens (including phenoxy) is 1. The van der Waals surface area contributed by atoms with E-state index in [0.717, 1.165) is 35.4 Å². The second-order valence-corrected chi connectivity index (χ2v) is 6.52. The van der Waals surface area contributed by atoms with Gasteiger partial charge in [-0.05, 0) is 49.4 Å². The van der Waals surface area contributed by atoms with Gasteiger partial charge in [-0.3, -0.25) is 9.59 Å². The standard InChI is InChI=1S/C19H23N3O3/c1-12(13-5-4-6-16(10-13)25-3)20-19(24)14-7-8-17-15(9-14)11-18(23)22(2)21-17/h4-6,10-12,14H,7-9H2,1-3H3,(H,20,24). The molecule has 0 fully saturated rings. The number of amides is 1. The van der Waals surface area contributed by atoms with Crippen LogP contribution in [-0.2, 0) is 24.7 Å². The lowest BCUT2D eigenvalue weighted by Gasteiger charge is -2.25. The molecule has 1 N–H and O–H groups in total. The molecule has 0 aliphatic heterocycles. The van der Waals surface area contributed by atoms with E-state index in [2.05, 4.69) is 10.4 Å². The molecule has 0 saturated carbocycles. The highest BCUT2D eigenvalue weighted by Crippen LogP contribution is 2.25. The number of fused-ring (bicyclic) bond motifs is 1. The number of rotatable bonds is 4. The van der Waals surface area contributed by atoms with E-state index < -0.39 is 0 Å². The van der Waals surface area contributed by atoms with Gasteiger partial charge in [0.05, 0.1) is 18.8 Å². The first-order valence-electron chi connectivity index (χ1n) is 8.48. The van der Waals surface area contributed by atoms with Crippen LogP contribution in [0.3, 0.4) is 0 Å². The average molecular weight is 341 g/mol. The lowest BCUT2D eigenvalue weighted by atomic mass is 9.86. The van der Waals surface area contributed by atoms with Crippen molar-refractivity contribution in [3.8, 4) is 5.75 Å². The van der Waals surface area contributed by atoms with E-state index in [1.807, 2.05) is 31.2 Å². The molecular weight excluding hydrogens is 318 g/mol. The van der Waals surface area contributed by atoms with Gasteiger partial charge >= 0.3 is 0 Å². The van der Waals surface area contributed by atoms with Gasteiger partial charge in [0.1, 0.15) is 5.75 Å². The normalized spacial score (nSPS) is 17.5. The molecule has 1 heterocycles. The van der Waals surface area contributed by atoms with Crippen LogP contribution < -0.4 is 15.6 Å². The summed E-state index contributed by atoms with van der Waals surface area (Å²) in [5.41, 5.74) is 2.68.